The molecule has 0 unspecified atom stereocenters. The van der Waals surface area contributed by atoms with Gasteiger partial charge in [-0.05, 0) is 17.1 Å². The van der Waals surface area contributed by atoms with Gasteiger partial charge in [0.25, 0.3) is 0 Å². The zero-order valence-corrected chi connectivity index (χ0v) is 7.44. The number of dihydropyridines is 1. The van der Waals surface area contributed by atoms with E-state index in [4.69, 9.17) is 0 Å². The van der Waals surface area contributed by atoms with Gasteiger partial charge in [-0.25, -0.2) is 0 Å². The fourth-order valence-corrected chi connectivity index (χ4v) is 0.924. The first-order valence-corrected chi connectivity index (χ1v) is 3.84. The van der Waals surface area contributed by atoms with Gasteiger partial charge in [-0.15, -0.1) is 0 Å². The molecule has 1 nitrogen and oxygen atoms in total. The van der Waals surface area contributed by atoms with E-state index in [1.165, 1.54) is 5.57 Å². The minimum absolute atomic E-state index is 0.226. The molecule has 1 aliphatic heterocycles. The standard InChI is InChI=1S/C10H15N/c1-8-5-6-9(7-11-8)10(2,3)4/h5-7,11H,1H2,2-4H3. The summed E-state index contributed by atoms with van der Waals surface area (Å²) in [7, 11) is 0. The van der Waals surface area contributed by atoms with Crippen LogP contribution in [0.3, 0.4) is 0 Å². The van der Waals surface area contributed by atoms with Gasteiger partial charge in [0.2, 0.25) is 0 Å². The van der Waals surface area contributed by atoms with Crippen LogP contribution in [0.15, 0.2) is 36.2 Å². The monoisotopic (exact) mass is 149 g/mol. The molecule has 1 heterocycles. The van der Waals surface area contributed by atoms with Crippen LogP contribution < -0.4 is 5.32 Å². The second-order valence-corrected chi connectivity index (χ2v) is 3.85. The van der Waals surface area contributed by atoms with Gasteiger partial charge in [0.1, 0.15) is 0 Å². The maximum absolute atomic E-state index is 3.79. The van der Waals surface area contributed by atoms with E-state index in [2.05, 4.69) is 38.7 Å². The molecular weight excluding hydrogens is 134 g/mol. The summed E-state index contributed by atoms with van der Waals surface area (Å²) < 4.78 is 0. The number of nitrogens with one attached hydrogen (secondary N) is 1. The Kier molecular flexibility index (Phi) is 1.90. The first-order valence-electron chi connectivity index (χ1n) is 3.84. The van der Waals surface area contributed by atoms with E-state index >= 15 is 0 Å². The van der Waals surface area contributed by atoms with Crippen molar-refractivity contribution in [3.05, 3.63) is 36.2 Å². The molecule has 1 N–H and O–H groups in total. The van der Waals surface area contributed by atoms with Crippen molar-refractivity contribution in [3.8, 4) is 0 Å². The minimum atomic E-state index is 0.226. The van der Waals surface area contributed by atoms with Gasteiger partial charge in [0.15, 0.2) is 0 Å². The van der Waals surface area contributed by atoms with Crippen molar-refractivity contribution in [1.82, 2.24) is 5.32 Å². The summed E-state index contributed by atoms with van der Waals surface area (Å²) in [6.45, 7) is 10.4. The number of rotatable bonds is 0. The molecule has 0 amide bonds. The summed E-state index contributed by atoms with van der Waals surface area (Å²) in [5.74, 6) is 0. The number of allylic oxidation sites excluding steroid dienone is 3. The zero-order valence-electron chi connectivity index (χ0n) is 7.44. The lowest BCUT2D eigenvalue weighted by atomic mass is 9.86. The third-order valence-corrected chi connectivity index (χ3v) is 1.74. The summed E-state index contributed by atoms with van der Waals surface area (Å²) in [4.78, 5) is 0. The van der Waals surface area contributed by atoms with Crippen molar-refractivity contribution in [1.29, 1.82) is 0 Å². The summed E-state index contributed by atoms with van der Waals surface area (Å²) in [5.41, 5.74) is 2.49. The third-order valence-electron chi connectivity index (χ3n) is 1.74. The Morgan fingerprint density at radius 2 is 1.91 bits per heavy atom. The molecule has 0 aliphatic carbocycles. The molecule has 0 saturated carbocycles. The highest BCUT2D eigenvalue weighted by atomic mass is 14.8. The van der Waals surface area contributed by atoms with Crippen LogP contribution in [-0.2, 0) is 0 Å². The molecule has 0 atom stereocenters. The fraction of sp³-hybridized carbons (Fsp3) is 0.400. The maximum Gasteiger partial charge on any atom is 0.0306 e. The predicted molar refractivity (Wildman–Crippen MR) is 49.0 cm³/mol. The van der Waals surface area contributed by atoms with Crippen LogP contribution in [0.1, 0.15) is 20.8 Å². The van der Waals surface area contributed by atoms with E-state index in [-0.39, 0.29) is 5.41 Å². The van der Waals surface area contributed by atoms with E-state index in [0.29, 0.717) is 0 Å². The summed E-state index contributed by atoms with van der Waals surface area (Å²) in [5, 5.41) is 3.10. The Balaban J connectivity index is 2.79. The topological polar surface area (TPSA) is 12.0 Å². The van der Waals surface area contributed by atoms with E-state index in [0.717, 1.165) is 5.70 Å². The molecular formula is C10H15N. The first-order chi connectivity index (χ1) is 5.00. The highest BCUT2D eigenvalue weighted by molar-refractivity contribution is 5.34. The summed E-state index contributed by atoms with van der Waals surface area (Å²) >= 11 is 0. The van der Waals surface area contributed by atoms with E-state index in [9.17, 15) is 0 Å². The van der Waals surface area contributed by atoms with Gasteiger partial charge in [0.05, 0.1) is 0 Å². The SMILES string of the molecule is C=C1C=CC(C(C)(C)C)=CN1. The Bertz CT molecular complexity index is 226. The van der Waals surface area contributed by atoms with Gasteiger partial charge < -0.3 is 5.32 Å². The van der Waals surface area contributed by atoms with Crippen LogP contribution in [-0.4, -0.2) is 0 Å². The van der Waals surface area contributed by atoms with E-state index in [1.54, 1.807) is 0 Å². The molecule has 1 aliphatic rings. The largest absolute Gasteiger partial charge is 0.362 e. The third kappa shape index (κ3) is 1.97. The lowest BCUT2D eigenvalue weighted by Gasteiger charge is -2.22. The second kappa shape index (κ2) is 2.57. The van der Waals surface area contributed by atoms with Crippen LogP contribution >= 0.6 is 0 Å². The lowest BCUT2D eigenvalue weighted by Crippen LogP contribution is -2.15. The molecule has 1 rings (SSSR count). The molecule has 0 aromatic heterocycles. The Morgan fingerprint density at radius 1 is 1.27 bits per heavy atom. The van der Waals surface area contributed by atoms with Gasteiger partial charge in [-0.2, -0.15) is 0 Å². The summed E-state index contributed by atoms with van der Waals surface area (Å²) in [6.07, 6.45) is 6.13. The van der Waals surface area contributed by atoms with Gasteiger partial charge in [0, 0.05) is 11.9 Å². The molecule has 0 saturated heterocycles. The number of hydrogen-bond acceptors (Lipinski definition) is 1. The number of hydrogen-bond donors (Lipinski definition) is 1. The smallest absolute Gasteiger partial charge is 0.0306 e. The minimum Gasteiger partial charge on any atom is -0.362 e. The van der Waals surface area contributed by atoms with Crippen molar-refractivity contribution >= 4 is 0 Å². The molecule has 0 fully saturated rings. The van der Waals surface area contributed by atoms with Crippen LogP contribution in [0.25, 0.3) is 0 Å². The molecule has 0 bridgehead atoms. The Morgan fingerprint density at radius 3 is 2.27 bits per heavy atom. The molecule has 0 aromatic rings. The predicted octanol–water partition coefficient (Wildman–Crippen LogP) is 2.59. The quantitative estimate of drug-likeness (QED) is 0.558. The average molecular weight is 149 g/mol. The van der Waals surface area contributed by atoms with E-state index in [1.807, 2.05) is 12.3 Å². The highest BCUT2D eigenvalue weighted by Gasteiger charge is 2.15. The zero-order chi connectivity index (χ0) is 8.48. The Labute approximate surface area is 68.5 Å². The molecule has 0 spiro atoms. The van der Waals surface area contributed by atoms with Crippen LogP contribution in [0.5, 0.6) is 0 Å². The van der Waals surface area contributed by atoms with Crippen molar-refractivity contribution in [2.75, 3.05) is 0 Å². The lowest BCUT2D eigenvalue weighted by molar-refractivity contribution is 0.512. The average Bonchev–Trinajstić information content (AvgIpc) is 1.86. The molecule has 0 radical (unpaired) electrons. The van der Waals surface area contributed by atoms with Crippen molar-refractivity contribution in [2.45, 2.75) is 20.8 Å². The van der Waals surface area contributed by atoms with Gasteiger partial charge in [-0.3, -0.25) is 0 Å². The molecule has 0 aromatic carbocycles. The van der Waals surface area contributed by atoms with Crippen molar-refractivity contribution in [2.24, 2.45) is 5.41 Å². The molecule has 1 heteroatoms. The molecule has 11 heavy (non-hydrogen) atoms. The maximum atomic E-state index is 3.79. The van der Waals surface area contributed by atoms with Crippen molar-refractivity contribution in [3.63, 3.8) is 0 Å². The van der Waals surface area contributed by atoms with E-state index < -0.39 is 0 Å². The van der Waals surface area contributed by atoms with Crippen LogP contribution in [0.2, 0.25) is 0 Å². The van der Waals surface area contributed by atoms with Crippen LogP contribution in [0, 0.1) is 5.41 Å². The highest BCUT2D eigenvalue weighted by Crippen LogP contribution is 2.27. The first kappa shape index (κ1) is 8.12. The summed E-state index contributed by atoms with van der Waals surface area (Å²) in [6, 6.07) is 0. The second-order valence-electron chi connectivity index (χ2n) is 3.85. The fourth-order valence-electron chi connectivity index (χ4n) is 0.924. The van der Waals surface area contributed by atoms with Crippen molar-refractivity contribution < 1.29 is 0 Å². The van der Waals surface area contributed by atoms with Gasteiger partial charge >= 0.3 is 0 Å². The Hall–Kier alpha value is -0.980. The van der Waals surface area contributed by atoms with Gasteiger partial charge in [-0.1, -0.05) is 33.4 Å². The van der Waals surface area contributed by atoms with Crippen LogP contribution in [0.4, 0.5) is 0 Å². The normalized spacial score (nSPS) is 17.7. The molecule has 60 valence electrons.